The van der Waals surface area contributed by atoms with Crippen LogP contribution in [0.4, 0.5) is 17.6 Å². The predicted molar refractivity (Wildman–Crippen MR) is 83.1 cm³/mol. The normalized spacial score (nSPS) is 13.5. The summed E-state index contributed by atoms with van der Waals surface area (Å²) in [7, 11) is 0. The van der Waals surface area contributed by atoms with Gasteiger partial charge in [0.2, 0.25) is 0 Å². The molecule has 0 bridgehead atoms. The van der Waals surface area contributed by atoms with Crippen molar-refractivity contribution in [1.29, 1.82) is 0 Å². The molecule has 0 atom stereocenters. The van der Waals surface area contributed by atoms with E-state index in [1.807, 2.05) is 0 Å². The van der Waals surface area contributed by atoms with Gasteiger partial charge in [-0.05, 0) is 18.2 Å². The maximum Gasteiger partial charge on any atom is 0.253 e. The summed E-state index contributed by atoms with van der Waals surface area (Å²) in [6, 6.07) is 3.57. The van der Waals surface area contributed by atoms with E-state index in [0.29, 0.717) is 36.0 Å². The lowest BCUT2D eigenvalue weighted by molar-refractivity contribution is 0.0946. The van der Waals surface area contributed by atoms with E-state index in [1.54, 1.807) is 6.07 Å². The molecule has 26 heavy (non-hydrogen) atoms. The van der Waals surface area contributed by atoms with Crippen LogP contribution in [-0.2, 0) is 6.42 Å². The highest BCUT2D eigenvalue weighted by Crippen LogP contribution is 2.28. The number of benzene rings is 1. The number of aromatic amines is 1. The van der Waals surface area contributed by atoms with Crippen molar-refractivity contribution in [2.45, 2.75) is 6.42 Å². The summed E-state index contributed by atoms with van der Waals surface area (Å²) >= 11 is 0. The summed E-state index contributed by atoms with van der Waals surface area (Å²) in [5.41, 5.74) is 1.36. The quantitative estimate of drug-likeness (QED) is 0.418. The number of fused-ring (bicyclic) bond motifs is 1. The van der Waals surface area contributed by atoms with Crippen molar-refractivity contribution in [3.8, 4) is 22.8 Å². The van der Waals surface area contributed by atoms with Crippen LogP contribution in [0, 0.1) is 23.3 Å². The number of nitrogens with one attached hydrogen (secondary N) is 2. The molecule has 2 aromatic heterocycles. The average Bonchev–Trinajstić information content (AvgIpc) is 3.09. The molecule has 4 rings (SSSR count). The highest BCUT2D eigenvalue weighted by Gasteiger charge is 2.23. The van der Waals surface area contributed by atoms with Crippen molar-refractivity contribution in [1.82, 2.24) is 20.3 Å². The topological polar surface area (TPSA) is 70.7 Å². The Morgan fingerprint density at radius 2 is 1.81 bits per heavy atom. The van der Waals surface area contributed by atoms with Gasteiger partial charge in [-0.2, -0.15) is 0 Å². The third-order valence-corrected chi connectivity index (χ3v) is 4.08. The summed E-state index contributed by atoms with van der Waals surface area (Å²) < 4.78 is 54.0. The van der Waals surface area contributed by atoms with Gasteiger partial charge >= 0.3 is 0 Å². The number of rotatable bonds is 2. The van der Waals surface area contributed by atoms with Crippen LogP contribution in [-0.4, -0.2) is 27.4 Å². The number of nitrogens with zero attached hydrogens (tertiary/aromatic N) is 2. The van der Waals surface area contributed by atoms with Gasteiger partial charge in [0.15, 0.2) is 29.1 Å². The van der Waals surface area contributed by atoms with Crippen LogP contribution in [0.25, 0.3) is 22.8 Å². The largest absolute Gasteiger partial charge is 0.356 e. The van der Waals surface area contributed by atoms with Crippen molar-refractivity contribution < 1.29 is 22.4 Å². The zero-order chi connectivity index (χ0) is 18.4. The lowest BCUT2D eigenvalue weighted by Crippen LogP contribution is -2.31. The molecule has 1 amide bonds. The number of H-pyrrole nitrogens is 1. The second-order valence-electron chi connectivity index (χ2n) is 5.69. The minimum atomic E-state index is -1.93. The first-order valence-corrected chi connectivity index (χ1v) is 7.62. The molecule has 0 fully saturated rings. The van der Waals surface area contributed by atoms with E-state index >= 15 is 0 Å². The summed E-state index contributed by atoms with van der Waals surface area (Å²) in [6.07, 6.45) is 1.89. The van der Waals surface area contributed by atoms with E-state index in [0.717, 1.165) is 5.69 Å². The minimum Gasteiger partial charge on any atom is -0.356 e. The SMILES string of the molecule is O=C1NCCc2[nH]c(-c3ccnc(-c4cc(F)c(F)c(F)c4F)n3)cc21. The van der Waals surface area contributed by atoms with Gasteiger partial charge in [-0.25, -0.2) is 27.5 Å². The molecular weight excluding hydrogens is 352 g/mol. The monoisotopic (exact) mass is 362 g/mol. The van der Waals surface area contributed by atoms with Gasteiger partial charge in [0, 0.05) is 24.9 Å². The van der Waals surface area contributed by atoms with Crippen LogP contribution in [0.15, 0.2) is 24.4 Å². The lowest BCUT2D eigenvalue weighted by Gasteiger charge is -2.10. The molecule has 9 heteroatoms. The van der Waals surface area contributed by atoms with Gasteiger partial charge in [0.05, 0.1) is 22.5 Å². The Morgan fingerprint density at radius 3 is 2.58 bits per heavy atom. The number of amides is 1. The van der Waals surface area contributed by atoms with E-state index in [4.69, 9.17) is 0 Å². The first-order chi connectivity index (χ1) is 12.5. The molecule has 0 saturated heterocycles. The number of halogens is 4. The fourth-order valence-electron chi connectivity index (χ4n) is 2.81. The van der Waals surface area contributed by atoms with Crippen molar-refractivity contribution in [3.05, 3.63) is 58.9 Å². The second-order valence-corrected chi connectivity index (χ2v) is 5.69. The van der Waals surface area contributed by atoms with Gasteiger partial charge in [-0.1, -0.05) is 0 Å². The summed E-state index contributed by atoms with van der Waals surface area (Å²) in [5, 5.41) is 2.71. The second kappa shape index (κ2) is 5.94. The first kappa shape index (κ1) is 16.2. The van der Waals surface area contributed by atoms with Gasteiger partial charge in [-0.15, -0.1) is 0 Å². The van der Waals surface area contributed by atoms with Crippen molar-refractivity contribution >= 4 is 5.91 Å². The number of hydrogen-bond donors (Lipinski definition) is 2. The third-order valence-electron chi connectivity index (χ3n) is 4.08. The van der Waals surface area contributed by atoms with Gasteiger partial charge in [0.1, 0.15) is 0 Å². The zero-order valence-corrected chi connectivity index (χ0v) is 13.0. The van der Waals surface area contributed by atoms with Crippen LogP contribution < -0.4 is 5.32 Å². The molecule has 3 aromatic rings. The van der Waals surface area contributed by atoms with Gasteiger partial charge in [0.25, 0.3) is 5.91 Å². The fraction of sp³-hybridized carbons (Fsp3) is 0.118. The molecule has 0 radical (unpaired) electrons. The molecule has 0 saturated carbocycles. The molecule has 132 valence electrons. The van der Waals surface area contributed by atoms with Gasteiger partial charge in [-0.3, -0.25) is 4.79 Å². The van der Waals surface area contributed by atoms with Crippen molar-refractivity contribution in [2.75, 3.05) is 6.54 Å². The molecule has 5 nitrogen and oxygen atoms in total. The van der Waals surface area contributed by atoms with Crippen LogP contribution in [0.2, 0.25) is 0 Å². The Bertz CT molecular complexity index is 1050. The van der Waals surface area contributed by atoms with E-state index in [1.165, 1.54) is 12.3 Å². The number of hydrogen-bond acceptors (Lipinski definition) is 3. The summed E-state index contributed by atoms with van der Waals surface area (Å²) in [6.45, 7) is 0.500. The van der Waals surface area contributed by atoms with E-state index in [-0.39, 0.29) is 11.7 Å². The maximum absolute atomic E-state index is 14.0. The Labute approximate surface area is 144 Å². The molecule has 2 N–H and O–H groups in total. The van der Waals surface area contributed by atoms with Crippen LogP contribution in [0.5, 0.6) is 0 Å². The molecule has 1 aliphatic heterocycles. The molecule has 0 spiro atoms. The number of carbonyl (C=O) groups excluding carboxylic acids is 1. The van der Waals surface area contributed by atoms with Crippen molar-refractivity contribution in [3.63, 3.8) is 0 Å². The Kier molecular flexibility index (Phi) is 3.71. The molecular formula is C17H10F4N4O. The van der Waals surface area contributed by atoms with E-state index in [2.05, 4.69) is 20.3 Å². The number of aromatic nitrogens is 3. The Morgan fingerprint density at radius 1 is 1.00 bits per heavy atom. The predicted octanol–water partition coefficient (Wildman–Crippen LogP) is 2.98. The Hall–Kier alpha value is -3.23. The van der Waals surface area contributed by atoms with E-state index in [9.17, 15) is 22.4 Å². The highest BCUT2D eigenvalue weighted by atomic mass is 19.2. The fourth-order valence-corrected chi connectivity index (χ4v) is 2.81. The molecule has 1 aliphatic rings. The molecule has 0 aliphatic carbocycles. The lowest BCUT2D eigenvalue weighted by atomic mass is 10.1. The molecule has 1 aromatic carbocycles. The van der Waals surface area contributed by atoms with Crippen LogP contribution in [0.3, 0.4) is 0 Å². The molecule has 3 heterocycles. The standard InChI is InChI=1S/C17H10F4N4O/c18-9-5-8(13(19)15(21)14(9)20)16-22-3-2-11(25-16)12-6-7-10(24-12)1-4-23-17(7)26/h2-3,5-6,24H,1,4H2,(H,23,26). The third kappa shape index (κ3) is 2.52. The average molecular weight is 362 g/mol. The Balaban J connectivity index is 1.81. The van der Waals surface area contributed by atoms with E-state index < -0.39 is 28.8 Å². The zero-order valence-electron chi connectivity index (χ0n) is 13.0. The summed E-state index contributed by atoms with van der Waals surface area (Å²) in [4.78, 5) is 22.8. The summed E-state index contributed by atoms with van der Waals surface area (Å²) in [5.74, 6) is -7.48. The molecule has 0 unspecified atom stereocenters. The van der Waals surface area contributed by atoms with Crippen LogP contribution >= 0.6 is 0 Å². The maximum atomic E-state index is 14.0. The number of carbonyl (C=O) groups is 1. The minimum absolute atomic E-state index is 0.225. The van der Waals surface area contributed by atoms with Crippen LogP contribution in [0.1, 0.15) is 16.1 Å². The first-order valence-electron chi connectivity index (χ1n) is 7.62. The van der Waals surface area contributed by atoms with Crippen molar-refractivity contribution in [2.24, 2.45) is 0 Å². The highest BCUT2D eigenvalue weighted by molar-refractivity contribution is 5.97. The van der Waals surface area contributed by atoms with Gasteiger partial charge < -0.3 is 10.3 Å². The smallest absolute Gasteiger partial charge is 0.253 e.